The first-order valence-corrected chi connectivity index (χ1v) is 7.38. The van der Waals surface area contributed by atoms with E-state index >= 15 is 0 Å². The van der Waals surface area contributed by atoms with E-state index in [-0.39, 0.29) is 5.91 Å². The quantitative estimate of drug-likeness (QED) is 0.905. The number of likely N-dealkylation sites (N-methyl/N-ethyl adjacent to an activating group) is 1. The van der Waals surface area contributed by atoms with Gasteiger partial charge in [-0.05, 0) is 29.0 Å². The monoisotopic (exact) mass is 331 g/mol. The van der Waals surface area contributed by atoms with Crippen LogP contribution in [0.1, 0.15) is 0 Å². The molecule has 1 amide bonds. The van der Waals surface area contributed by atoms with Gasteiger partial charge >= 0.3 is 0 Å². The number of thiophene rings is 1. The summed E-state index contributed by atoms with van der Waals surface area (Å²) >= 11 is 6.45. The number of rotatable bonds is 4. The Morgan fingerprint density at radius 1 is 1.47 bits per heavy atom. The highest BCUT2D eigenvalue weighted by Gasteiger charge is 2.08. The van der Waals surface area contributed by atoms with Gasteiger partial charge in [0.1, 0.15) is 0 Å². The van der Waals surface area contributed by atoms with Crippen molar-refractivity contribution in [1.82, 2.24) is 10.3 Å². The minimum absolute atomic E-state index is 0.0826. The number of aromatic nitrogens is 1. The highest BCUT2D eigenvalue weighted by atomic mass is 79.9. The second kappa shape index (κ2) is 5.72. The van der Waals surface area contributed by atoms with E-state index < -0.39 is 0 Å². The average molecular weight is 332 g/mol. The van der Waals surface area contributed by atoms with Gasteiger partial charge in [-0.1, -0.05) is 0 Å². The number of carbonyl (C=O) groups is 1. The topological polar surface area (TPSA) is 54.0 Å². The van der Waals surface area contributed by atoms with Crippen LogP contribution in [0, 0.1) is 0 Å². The van der Waals surface area contributed by atoms with Crippen LogP contribution in [0.25, 0.3) is 10.6 Å². The van der Waals surface area contributed by atoms with Crippen molar-refractivity contribution in [2.45, 2.75) is 0 Å². The summed E-state index contributed by atoms with van der Waals surface area (Å²) in [6, 6.07) is 2.01. The molecule has 0 radical (unpaired) electrons. The SMILES string of the molecule is CNCC(=O)Nc1nc(-c2cc(Br)cs2)cs1. The van der Waals surface area contributed by atoms with Crippen LogP contribution < -0.4 is 10.6 Å². The highest BCUT2D eigenvalue weighted by molar-refractivity contribution is 9.10. The highest BCUT2D eigenvalue weighted by Crippen LogP contribution is 2.31. The van der Waals surface area contributed by atoms with Gasteiger partial charge in [-0.3, -0.25) is 4.79 Å². The van der Waals surface area contributed by atoms with Gasteiger partial charge in [0.15, 0.2) is 5.13 Å². The van der Waals surface area contributed by atoms with E-state index in [1.54, 1.807) is 18.4 Å². The number of nitrogens with zero attached hydrogens (tertiary/aromatic N) is 1. The summed E-state index contributed by atoms with van der Waals surface area (Å²) in [6.07, 6.45) is 0. The molecule has 2 heterocycles. The van der Waals surface area contributed by atoms with Crippen LogP contribution in [0.5, 0.6) is 0 Å². The van der Waals surface area contributed by atoms with E-state index in [9.17, 15) is 4.79 Å². The Bertz CT molecular complexity index is 523. The van der Waals surface area contributed by atoms with E-state index in [1.165, 1.54) is 11.3 Å². The number of thiazole rings is 1. The first-order chi connectivity index (χ1) is 8.19. The van der Waals surface area contributed by atoms with E-state index in [1.807, 2.05) is 16.8 Å². The Kier molecular flexibility index (Phi) is 4.27. The molecular formula is C10H10BrN3OS2. The van der Waals surface area contributed by atoms with Crippen molar-refractivity contribution >= 4 is 49.6 Å². The lowest BCUT2D eigenvalue weighted by Gasteiger charge is -1.98. The second-order valence-electron chi connectivity index (χ2n) is 3.25. The maximum absolute atomic E-state index is 11.4. The molecule has 0 fully saturated rings. The third-order valence-electron chi connectivity index (χ3n) is 1.91. The third kappa shape index (κ3) is 3.35. The zero-order chi connectivity index (χ0) is 12.3. The van der Waals surface area contributed by atoms with Crippen molar-refractivity contribution in [3.63, 3.8) is 0 Å². The summed E-state index contributed by atoms with van der Waals surface area (Å²) in [5.74, 6) is -0.0826. The normalized spacial score (nSPS) is 10.5. The van der Waals surface area contributed by atoms with Gasteiger partial charge in [0.25, 0.3) is 0 Å². The maximum Gasteiger partial charge on any atom is 0.240 e. The summed E-state index contributed by atoms with van der Waals surface area (Å²) in [7, 11) is 1.73. The molecule has 0 bridgehead atoms. The maximum atomic E-state index is 11.4. The number of carbonyl (C=O) groups excluding carboxylic acids is 1. The minimum Gasteiger partial charge on any atom is -0.311 e. The lowest BCUT2D eigenvalue weighted by Crippen LogP contribution is -2.24. The molecule has 2 aromatic rings. The molecule has 0 aliphatic rings. The van der Waals surface area contributed by atoms with Crippen LogP contribution in [-0.4, -0.2) is 24.5 Å². The fourth-order valence-electron chi connectivity index (χ4n) is 1.22. The Morgan fingerprint density at radius 2 is 2.29 bits per heavy atom. The fraction of sp³-hybridized carbons (Fsp3) is 0.200. The van der Waals surface area contributed by atoms with Crippen molar-refractivity contribution < 1.29 is 4.79 Å². The van der Waals surface area contributed by atoms with Crippen LogP contribution in [0.2, 0.25) is 0 Å². The van der Waals surface area contributed by atoms with Gasteiger partial charge < -0.3 is 10.6 Å². The van der Waals surface area contributed by atoms with Crippen molar-refractivity contribution in [3.05, 3.63) is 21.3 Å². The Balaban J connectivity index is 2.08. The lowest BCUT2D eigenvalue weighted by atomic mass is 10.4. The van der Waals surface area contributed by atoms with Crippen molar-refractivity contribution in [3.8, 4) is 10.6 Å². The van der Waals surface area contributed by atoms with Gasteiger partial charge in [-0.15, -0.1) is 22.7 Å². The predicted octanol–water partition coefficient (Wildman–Crippen LogP) is 2.79. The first kappa shape index (κ1) is 12.7. The standard InChI is InChI=1S/C10H10BrN3OS2/c1-12-3-9(15)14-10-13-7(5-17-10)8-2-6(11)4-16-8/h2,4-5,12H,3H2,1H3,(H,13,14,15). The summed E-state index contributed by atoms with van der Waals surface area (Å²) in [4.78, 5) is 16.8. The van der Waals surface area contributed by atoms with Crippen molar-refractivity contribution in [1.29, 1.82) is 0 Å². The van der Waals surface area contributed by atoms with Gasteiger partial charge in [-0.2, -0.15) is 0 Å². The Morgan fingerprint density at radius 3 is 2.94 bits per heavy atom. The molecule has 7 heteroatoms. The summed E-state index contributed by atoms with van der Waals surface area (Å²) in [6.45, 7) is 0.291. The molecule has 17 heavy (non-hydrogen) atoms. The lowest BCUT2D eigenvalue weighted by molar-refractivity contribution is -0.115. The van der Waals surface area contributed by atoms with E-state index in [0.29, 0.717) is 11.7 Å². The molecule has 0 aliphatic heterocycles. The first-order valence-electron chi connectivity index (χ1n) is 4.83. The zero-order valence-electron chi connectivity index (χ0n) is 8.99. The molecule has 2 aromatic heterocycles. The Labute approximate surface area is 115 Å². The van der Waals surface area contributed by atoms with Crippen LogP contribution in [-0.2, 0) is 4.79 Å². The van der Waals surface area contributed by atoms with Crippen LogP contribution in [0.4, 0.5) is 5.13 Å². The van der Waals surface area contributed by atoms with Crippen molar-refractivity contribution in [2.24, 2.45) is 0 Å². The molecule has 0 spiro atoms. The van der Waals surface area contributed by atoms with Gasteiger partial charge in [0.05, 0.1) is 17.1 Å². The molecule has 2 rings (SSSR count). The van der Waals surface area contributed by atoms with Crippen LogP contribution in [0.3, 0.4) is 0 Å². The fourth-order valence-corrected chi connectivity index (χ4v) is 3.41. The van der Waals surface area contributed by atoms with Gasteiger partial charge in [0.2, 0.25) is 5.91 Å². The third-order valence-corrected chi connectivity index (χ3v) is 4.38. The van der Waals surface area contributed by atoms with E-state index in [0.717, 1.165) is 15.0 Å². The molecule has 0 aromatic carbocycles. The summed E-state index contributed by atoms with van der Waals surface area (Å²) < 4.78 is 1.05. The summed E-state index contributed by atoms with van der Waals surface area (Å²) in [5, 5.41) is 10.1. The van der Waals surface area contributed by atoms with Gasteiger partial charge in [0, 0.05) is 15.2 Å². The Hall–Kier alpha value is -0.760. The second-order valence-corrected chi connectivity index (χ2v) is 5.93. The predicted molar refractivity (Wildman–Crippen MR) is 75.7 cm³/mol. The number of nitrogens with one attached hydrogen (secondary N) is 2. The number of anilines is 1. The largest absolute Gasteiger partial charge is 0.311 e. The number of hydrogen-bond acceptors (Lipinski definition) is 5. The van der Waals surface area contributed by atoms with Crippen LogP contribution in [0.15, 0.2) is 21.3 Å². The van der Waals surface area contributed by atoms with E-state index in [2.05, 4.69) is 31.5 Å². The number of hydrogen-bond donors (Lipinski definition) is 2. The number of amides is 1. The van der Waals surface area contributed by atoms with Crippen molar-refractivity contribution in [2.75, 3.05) is 18.9 Å². The molecule has 0 saturated carbocycles. The molecule has 0 aliphatic carbocycles. The molecule has 0 saturated heterocycles. The molecule has 4 nitrogen and oxygen atoms in total. The zero-order valence-corrected chi connectivity index (χ0v) is 12.2. The summed E-state index contributed by atoms with van der Waals surface area (Å²) in [5.41, 5.74) is 0.894. The molecule has 0 unspecified atom stereocenters. The van der Waals surface area contributed by atoms with E-state index in [4.69, 9.17) is 0 Å². The van der Waals surface area contributed by atoms with Crippen LogP contribution >= 0.6 is 38.6 Å². The molecule has 90 valence electrons. The molecule has 0 atom stereocenters. The smallest absolute Gasteiger partial charge is 0.240 e. The molecular weight excluding hydrogens is 322 g/mol. The van der Waals surface area contributed by atoms with Gasteiger partial charge in [-0.25, -0.2) is 4.98 Å². The number of halogens is 1. The average Bonchev–Trinajstić information content (AvgIpc) is 2.87. The molecule has 2 N–H and O–H groups in total. The minimum atomic E-state index is -0.0826.